The van der Waals surface area contributed by atoms with Crippen molar-refractivity contribution in [2.45, 2.75) is 39.2 Å². The van der Waals surface area contributed by atoms with Gasteiger partial charge < -0.3 is 15.1 Å². The lowest BCUT2D eigenvalue weighted by atomic mass is 9.94. The van der Waals surface area contributed by atoms with E-state index in [1.807, 2.05) is 41.0 Å². The van der Waals surface area contributed by atoms with Crippen molar-refractivity contribution >= 4 is 17.6 Å². The SMILES string of the molecule is CCCN1C(=O)C2CCC1CN(C(=O)Nc1ccc(C)cc1)C2. The maximum atomic E-state index is 12.6. The van der Waals surface area contributed by atoms with Crippen molar-refractivity contribution in [2.75, 3.05) is 25.0 Å². The minimum absolute atomic E-state index is 0.0379. The monoisotopic (exact) mass is 315 g/mol. The Morgan fingerprint density at radius 2 is 1.96 bits per heavy atom. The van der Waals surface area contributed by atoms with Crippen LogP contribution in [0.15, 0.2) is 24.3 Å². The second-order valence-corrected chi connectivity index (χ2v) is 6.66. The Morgan fingerprint density at radius 1 is 1.22 bits per heavy atom. The molecule has 0 saturated carbocycles. The highest BCUT2D eigenvalue weighted by Crippen LogP contribution is 2.29. The first-order valence-corrected chi connectivity index (χ1v) is 8.51. The lowest BCUT2D eigenvalue weighted by molar-refractivity contribution is -0.139. The van der Waals surface area contributed by atoms with Gasteiger partial charge in [-0.2, -0.15) is 0 Å². The van der Waals surface area contributed by atoms with Crippen LogP contribution in [-0.2, 0) is 4.79 Å². The quantitative estimate of drug-likeness (QED) is 0.932. The van der Waals surface area contributed by atoms with E-state index in [4.69, 9.17) is 0 Å². The van der Waals surface area contributed by atoms with Crippen molar-refractivity contribution in [3.05, 3.63) is 29.8 Å². The zero-order chi connectivity index (χ0) is 16.4. The smallest absolute Gasteiger partial charge is 0.321 e. The van der Waals surface area contributed by atoms with Crippen molar-refractivity contribution in [1.82, 2.24) is 9.80 Å². The minimum Gasteiger partial charge on any atom is -0.338 e. The molecule has 0 aromatic heterocycles. The molecule has 3 amide bonds. The summed E-state index contributed by atoms with van der Waals surface area (Å²) in [5.41, 5.74) is 1.96. The predicted octanol–water partition coefficient (Wildman–Crippen LogP) is 2.86. The summed E-state index contributed by atoms with van der Waals surface area (Å²) in [4.78, 5) is 28.9. The zero-order valence-corrected chi connectivity index (χ0v) is 13.9. The third-order valence-corrected chi connectivity index (χ3v) is 4.85. The number of urea groups is 1. The van der Waals surface area contributed by atoms with Crippen LogP contribution in [0.3, 0.4) is 0 Å². The molecule has 0 aliphatic carbocycles. The summed E-state index contributed by atoms with van der Waals surface area (Å²) >= 11 is 0. The van der Waals surface area contributed by atoms with Gasteiger partial charge in [0.05, 0.1) is 5.92 Å². The Kier molecular flexibility index (Phi) is 4.55. The molecule has 1 aromatic carbocycles. The number of benzene rings is 1. The number of carbonyl (C=O) groups excluding carboxylic acids is 2. The third kappa shape index (κ3) is 3.33. The number of rotatable bonds is 3. The molecule has 1 N–H and O–H groups in total. The van der Waals surface area contributed by atoms with Gasteiger partial charge in [0.1, 0.15) is 0 Å². The van der Waals surface area contributed by atoms with Crippen LogP contribution in [0.5, 0.6) is 0 Å². The van der Waals surface area contributed by atoms with Crippen LogP contribution in [0.4, 0.5) is 10.5 Å². The van der Waals surface area contributed by atoms with Crippen molar-refractivity contribution in [3.63, 3.8) is 0 Å². The Labute approximate surface area is 137 Å². The Hall–Kier alpha value is -2.04. The van der Waals surface area contributed by atoms with Crippen LogP contribution in [0.1, 0.15) is 31.7 Å². The molecule has 2 bridgehead atoms. The fraction of sp³-hybridized carbons (Fsp3) is 0.556. The van der Waals surface area contributed by atoms with Crippen LogP contribution in [0, 0.1) is 12.8 Å². The molecule has 3 aliphatic heterocycles. The van der Waals surface area contributed by atoms with Crippen molar-refractivity contribution in [1.29, 1.82) is 0 Å². The normalized spacial score (nSPS) is 23.8. The molecule has 23 heavy (non-hydrogen) atoms. The van der Waals surface area contributed by atoms with Gasteiger partial charge in [0.15, 0.2) is 0 Å². The summed E-state index contributed by atoms with van der Waals surface area (Å²) in [6.07, 6.45) is 2.87. The van der Waals surface area contributed by atoms with E-state index in [1.165, 1.54) is 0 Å². The van der Waals surface area contributed by atoms with Gasteiger partial charge in [-0.1, -0.05) is 24.6 Å². The average Bonchev–Trinajstić information content (AvgIpc) is 2.83. The second-order valence-electron chi connectivity index (χ2n) is 6.66. The van der Waals surface area contributed by atoms with Gasteiger partial charge in [0.25, 0.3) is 0 Å². The number of hydrogen-bond donors (Lipinski definition) is 1. The van der Waals surface area contributed by atoms with Gasteiger partial charge >= 0.3 is 6.03 Å². The summed E-state index contributed by atoms with van der Waals surface area (Å²) in [6, 6.07) is 7.85. The van der Waals surface area contributed by atoms with Gasteiger partial charge in [-0.15, -0.1) is 0 Å². The van der Waals surface area contributed by atoms with E-state index < -0.39 is 0 Å². The summed E-state index contributed by atoms with van der Waals surface area (Å²) < 4.78 is 0. The van der Waals surface area contributed by atoms with Crippen molar-refractivity contribution in [3.8, 4) is 0 Å². The maximum Gasteiger partial charge on any atom is 0.321 e. The molecule has 1 aromatic rings. The molecule has 0 spiro atoms. The lowest BCUT2D eigenvalue weighted by Gasteiger charge is -2.35. The van der Waals surface area contributed by atoms with Crippen molar-refractivity contribution in [2.24, 2.45) is 5.92 Å². The minimum atomic E-state index is -0.100. The highest BCUT2D eigenvalue weighted by molar-refractivity contribution is 5.90. The van der Waals surface area contributed by atoms with E-state index in [-0.39, 0.29) is 23.9 Å². The van der Waals surface area contributed by atoms with E-state index in [1.54, 1.807) is 0 Å². The predicted molar refractivity (Wildman–Crippen MR) is 90.3 cm³/mol. The number of aryl methyl sites for hydroxylation is 1. The first-order chi connectivity index (χ1) is 11.1. The van der Waals surface area contributed by atoms with Gasteiger partial charge in [-0.05, 0) is 38.3 Å². The largest absolute Gasteiger partial charge is 0.338 e. The summed E-state index contributed by atoms with van der Waals surface area (Å²) in [6.45, 7) is 6.08. The number of nitrogens with zero attached hydrogens (tertiary/aromatic N) is 2. The number of carbonyl (C=O) groups is 2. The number of nitrogens with one attached hydrogen (secondary N) is 1. The van der Waals surface area contributed by atoms with E-state index in [2.05, 4.69) is 12.2 Å². The van der Waals surface area contributed by atoms with Crippen LogP contribution >= 0.6 is 0 Å². The maximum absolute atomic E-state index is 12.6. The molecular weight excluding hydrogens is 290 g/mol. The molecule has 2 unspecified atom stereocenters. The van der Waals surface area contributed by atoms with Gasteiger partial charge in [0.2, 0.25) is 5.91 Å². The summed E-state index contributed by atoms with van der Waals surface area (Å²) in [7, 11) is 0. The highest BCUT2D eigenvalue weighted by atomic mass is 16.2. The Morgan fingerprint density at radius 3 is 2.65 bits per heavy atom. The molecule has 2 atom stereocenters. The molecule has 124 valence electrons. The summed E-state index contributed by atoms with van der Waals surface area (Å²) in [5.74, 6) is 0.192. The van der Waals surface area contributed by atoms with Crippen LogP contribution in [-0.4, -0.2) is 47.4 Å². The lowest BCUT2D eigenvalue weighted by Crippen LogP contribution is -2.48. The molecule has 0 radical (unpaired) electrons. The number of anilines is 1. The molecule has 3 fully saturated rings. The van der Waals surface area contributed by atoms with E-state index in [9.17, 15) is 9.59 Å². The highest BCUT2D eigenvalue weighted by Gasteiger charge is 2.41. The Balaban J connectivity index is 1.70. The van der Waals surface area contributed by atoms with Crippen LogP contribution in [0.2, 0.25) is 0 Å². The van der Waals surface area contributed by atoms with Crippen LogP contribution in [0.25, 0.3) is 0 Å². The van der Waals surface area contributed by atoms with E-state index >= 15 is 0 Å². The topological polar surface area (TPSA) is 52.7 Å². The average molecular weight is 315 g/mol. The standard InChI is InChI=1S/C18H25N3O2/c1-3-10-21-16-9-6-14(17(21)22)11-20(12-16)18(23)19-15-7-4-13(2)5-8-15/h4-5,7-8,14,16H,3,6,9-12H2,1-2H3,(H,19,23). The molecule has 3 heterocycles. The fourth-order valence-electron chi connectivity index (χ4n) is 3.58. The third-order valence-electron chi connectivity index (χ3n) is 4.85. The first-order valence-electron chi connectivity index (χ1n) is 8.51. The molecule has 5 nitrogen and oxygen atoms in total. The fourth-order valence-corrected chi connectivity index (χ4v) is 3.58. The molecule has 3 saturated heterocycles. The number of piperidine rings is 1. The molecule has 5 heteroatoms. The van der Waals surface area contributed by atoms with Gasteiger partial charge in [-0.25, -0.2) is 4.79 Å². The molecular formula is C18H25N3O2. The van der Waals surface area contributed by atoms with E-state index in [0.29, 0.717) is 13.1 Å². The van der Waals surface area contributed by atoms with Gasteiger partial charge in [0, 0.05) is 31.4 Å². The second kappa shape index (κ2) is 6.60. The summed E-state index contributed by atoms with van der Waals surface area (Å²) in [5, 5.41) is 2.95. The number of fused-ring (bicyclic) bond motifs is 4. The van der Waals surface area contributed by atoms with Crippen molar-refractivity contribution < 1.29 is 9.59 Å². The molecule has 3 aliphatic rings. The Bertz CT molecular complexity index is 584. The van der Waals surface area contributed by atoms with E-state index in [0.717, 1.165) is 37.1 Å². The number of amides is 3. The van der Waals surface area contributed by atoms with Gasteiger partial charge in [-0.3, -0.25) is 4.79 Å². The zero-order valence-electron chi connectivity index (χ0n) is 13.9. The molecule has 4 rings (SSSR count). The first kappa shape index (κ1) is 15.8. The number of hydrogen-bond acceptors (Lipinski definition) is 2. The van der Waals surface area contributed by atoms with Crippen LogP contribution < -0.4 is 5.32 Å².